The highest BCUT2D eigenvalue weighted by atomic mass is 19.1. The molecule has 0 aliphatic heterocycles. The molecule has 0 amide bonds. The standard InChI is InChI=1S/C14H15F2N3/c1-2-18-13(14-9-17-5-6-19-14)7-10-3-4-11(15)8-12(10)16/h3-6,8-9,13,18H,2,7H2,1H3. The third kappa shape index (κ3) is 3.54. The molecule has 0 saturated carbocycles. The molecular formula is C14H15F2N3. The van der Waals surface area contributed by atoms with Crippen molar-refractivity contribution in [2.75, 3.05) is 6.54 Å². The van der Waals surface area contributed by atoms with E-state index in [-0.39, 0.29) is 6.04 Å². The minimum atomic E-state index is -0.569. The number of likely N-dealkylation sites (N-methyl/N-ethyl adjacent to an activating group) is 1. The summed E-state index contributed by atoms with van der Waals surface area (Å²) in [7, 11) is 0. The summed E-state index contributed by atoms with van der Waals surface area (Å²) < 4.78 is 26.5. The Morgan fingerprint density at radius 3 is 2.74 bits per heavy atom. The molecule has 1 aromatic carbocycles. The molecular weight excluding hydrogens is 248 g/mol. The molecule has 5 heteroatoms. The fourth-order valence-electron chi connectivity index (χ4n) is 1.93. The van der Waals surface area contributed by atoms with E-state index in [1.165, 1.54) is 12.1 Å². The maximum Gasteiger partial charge on any atom is 0.129 e. The number of rotatable bonds is 5. The largest absolute Gasteiger partial charge is 0.309 e. The van der Waals surface area contributed by atoms with Crippen LogP contribution in [0.2, 0.25) is 0 Å². The first-order valence-electron chi connectivity index (χ1n) is 6.14. The van der Waals surface area contributed by atoms with Gasteiger partial charge in [0.05, 0.1) is 11.7 Å². The van der Waals surface area contributed by atoms with Crippen LogP contribution in [0, 0.1) is 11.6 Å². The zero-order chi connectivity index (χ0) is 13.7. The Labute approximate surface area is 110 Å². The van der Waals surface area contributed by atoms with Gasteiger partial charge in [-0.2, -0.15) is 0 Å². The summed E-state index contributed by atoms with van der Waals surface area (Å²) in [4.78, 5) is 8.23. The van der Waals surface area contributed by atoms with Crippen LogP contribution in [-0.4, -0.2) is 16.5 Å². The summed E-state index contributed by atoms with van der Waals surface area (Å²) in [5.74, 6) is -1.10. The van der Waals surface area contributed by atoms with Crippen molar-refractivity contribution < 1.29 is 8.78 Å². The van der Waals surface area contributed by atoms with Crippen LogP contribution in [0.15, 0.2) is 36.8 Å². The fraction of sp³-hybridized carbons (Fsp3) is 0.286. The van der Waals surface area contributed by atoms with Gasteiger partial charge in [-0.15, -0.1) is 0 Å². The lowest BCUT2D eigenvalue weighted by Crippen LogP contribution is -2.24. The van der Waals surface area contributed by atoms with Crippen molar-refractivity contribution in [3.63, 3.8) is 0 Å². The molecule has 1 aromatic heterocycles. The van der Waals surface area contributed by atoms with Gasteiger partial charge in [0.25, 0.3) is 0 Å². The third-order valence-corrected chi connectivity index (χ3v) is 2.83. The first-order valence-corrected chi connectivity index (χ1v) is 6.14. The predicted molar refractivity (Wildman–Crippen MR) is 68.5 cm³/mol. The van der Waals surface area contributed by atoms with Gasteiger partial charge in [0.15, 0.2) is 0 Å². The number of nitrogens with one attached hydrogen (secondary N) is 1. The maximum atomic E-state index is 13.7. The Morgan fingerprint density at radius 2 is 2.11 bits per heavy atom. The lowest BCUT2D eigenvalue weighted by atomic mass is 10.0. The van der Waals surface area contributed by atoms with Crippen LogP contribution in [0.1, 0.15) is 24.2 Å². The van der Waals surface area contributed by atoms with Gasteiger partial charge in [-0.05, 0) is 24.6 Å². The van der Waals surface area contributed by atoms with Crippen molar-refractivity contribution in [1.82, 2.24) is 15.3 Å². The molecule has 1 atom stereocenters. The Hall–Kier alpha value is -1.88. The summed E-state index contributed by atoms with van der Waals surface area (Å²) in [5.41, 5.74) is 1.20. The highest BCUT2D eigenvalue weighted by molar-refractivity contribution is 5.21. The van der Waals surface area contributed by atoms with E-state index in [2.05, 4.69) is 15.3 Å². The van der Waals surface area contributed by atoms with Crippen molar-refractivity contribution in [3.8, 4) is 0 Å². The minimum Gasteiger partial charge on any atom is -0.309 e. The van der Waals surface area contributed by atoms with Gasteiger partial charge >= 0.3 is 0 Å². The molecule has 19 heavy (non-hydrogen) atoms. The van der Waals surface area contributed by atoms with Crippen LogP contribution in [0.3, 0.4) is 0 Å². The van der Waals surface area contributed by atoms with Crippen LogP contribution in [0.4, 0.5) is 8.78 Å². The second kappa shape index (κ2) is 6.33. The lowest BCUT2D eigenvalue weighted by molar-refractivity contribution is 0.511. The molecule has 0 radical (unpaired) electrons. The van der Waals surface area contributed by atoms with Crippen LogP contribution in [0.25, 0.3) is 0 Å². The van der Waals surface area contributed by atoms with Gasteiger partial charge in [-0.3, -0.25) is 9.97 Å². The molecule has 0 aliphatic rings. The summed E-state index contributed by atoms with van der Waals surface area (Å²) in [6.07, 6.45) is 5.24. The maximum absolute atomic E-state index is 13.7. The molecule has 0 saturated heterocycles. The van der Waals surface area contributed by atoms with Gasteiger partial charge in [0.1, 0.15) is 11.6 Å². The van der Waals surface area contributed by atoms with Crippen LogP contribution in [0.5, 0.6) is 0 Å². The summed E-state index contributed by atoms with van der Waals surface area (Å²) in [6, 6.07) is 3.48. The Kier molecular flexibility index (Phi) is 4.52. The van der Waals surface area contributed by atoms with Crippen molar-refractivity contribution in [2.24, 2.45) is 0 Å². The van der Waals surface area contributed by atoms with E-state index < -0.39 is 11.6 Å². The molecule has 3 nitrogen and oxygen atoms in total. The zero-order valence-corrected chi connectivity index (χ0v) is 10.6. The molecule has 0 spiro atoms. The highest BCUT2D eigenvalue weighted by Gasteiger charge is 2.15. The van der Waals surface area contributed by atoms with Crippen molar-refractivity contribution >= 4 is 0 Å². The van der Waals surface area contributed by atoms with Gasteiger partial charge in [-0.25, -0.2) is 8.78 Å². The molecule has 2 rings (SSSR count). The number of nitrogens with zero attached hydrogens (tertiary/aromatic N) is 2. The van der Waals surface area contributed by atoms with E-state index in [0.29, 0.717) is 12.0 Å². The Balaban J connectivity index is 2.21. The molecule has 1 heterocycles. The summed E-state index contributed by atoms with van der Waals surface area (Å²) in [5, 5.41) is 3.23. The number of benzene rings is 1. The second-order valence-corrected chi connectivity index (χ2v) is 4.18. The third-order valence-electron chi connectivity index (χ3n) is 2.83. The summed E-state index contributed by atoms with van der Waals surface area (Å²) >= 11 is 0. The van der Waals surface area contributed by atoms with Crippen LogP contribution in [-0.2, 0) is 6.42 Å². The first-order chi connectivity index (χ1) is 9.20. The number of hydrogen-bond acceptors (Lipinski definition) is 3. The minimum absolute atomic E-state index is 0.140. The molecule has 100 valence electrons. The quantitative estimate of drug-likeness (QED) is 0.901. The monoisotopic (exact) mass is 263 g/mol. The van der Waals surface area contributed by atoms with Crippen LogP contribution >= 0.6 is 0 Å². The second-order valence-electron chi connectivity index (χ2n) is 4.18. The Bertz CT molecular complexity index is 531. The molecule has 0 bridgehead atoms. The molecule has 2 aromatic rings. The van der Waals surface area contributed by atoms with Crippen molar-refractivity contribution in [3.05, 3.63) is 59.7 Å². The van der Waals surface area contributed by atoms with E-state index in [4.69, 9.17) is 0 Å². The lowest BCUT2D eigenvalue weighted by Gasteiger charge is -2.17. The van der Waals surface area contributed by atoms with Gasteiger partial charge < -0.3 is 5.32 Å². The van der Waals surface area contributed by atoms with Crippen molar-refractivity contribution in [2.45, 2.75) is 19.4 Å². The van der Waals surface area contributed by atoms with E-state index in [1.807, 2.05) is 6.92 Å². The highest BCUT2D eigenvalue weighted by Crippen LogP contribution is 2.18. The van der Waals surface area contributed by atoms with E-state index in [9.17, 15) is 8.78 Å². The van der Waals surface area contributed by atoms with Gasteiger partial charge in [0, 0.05) is 24.7 Å². The first kappa shape index (κ1) is 13.5. The molecule has 1 N–H and O–H groups in total. The van der Waals surface area contributed by atoms with Gasteiger partial charge in [-0.1, -0.05) is 13.0 Å². The Morgan fingerprint density at radius 1 is 1.26 bits per heavy atom. The zero-order valence-electron chi connectivity index (χ0n) is 10.6. The molecule has 0 fully saturated rings. The average Bonchev–Trinajstić information content (AvgIpc) is 2.42. The number of halogens is 2. The van der Waals surface area contributed by atoms with Crippen molar-refractivity contribution in [1.29, 1.82) is 0 Å². The predicted octanol–water partition coefficient (Wildman–Crippen LogP) is 2.65. The smallest absolute Gasteiger partial charge is 0.129 e. The number of aromatic nitrogens is 2. The van der Waals surface area contributed by atoms with E-state index in [1.54, 1.807) is 18.6 Å². The van der Waals surface area contributed by atoms with Crippen LogP contribution < -0.4 is 5.32 Å². The molecule has 1 unspecified atom stereocenters. The topological polar surface area (TPSA) is 37.8 Å². The molecule has 0 aliphatic carbocycles. The number of hydrogen-bond donors (Lipinski definition) is 1. The van der Waals surface area contributed by atoms with E-state index in [0.717, 1.165) is 18.3 Å². The van der Waals surface area contributed by atoms with Gasteiger partial charge in [0.2, 0.25) is 0 Å². The fourth-order valence-corrected chi connectivity index (χ4v) is 1.93. The summed E-state index contributed by atoms with van der Waals surface area (Å²) in [6.45, 7) is 2.69. The average molecular weight is 263 g/mol. The SMILES string of the molecule is CCNC(Cc1ccc(F)cc1F)c1cnccn1. The normalized spacial score (nSPS) is 12.4. The van der Waals surface area contributed by atoms with E-state index >= 15 is 0 Å².